The van der Waals surface area contributed by atoms with Crippen LogP contribution in [0.3, 0.4) is 0 Å². The molecule has 2 saturated carbocycles. The summed E-state index contributed by atoms with van der Waals surface area (Å²) in [6.07, 6.45) is 10.4. The Labute approximate surface area is 388 Å². The van der Waals surface area contributed by atoms with E-state index in [0.29, 0.717) is 70.5 Å². The first-order valence-electron chi connectivity index (χ1n) is 23.0. The standard InChI is InChI=1S/C49H58ClF2N4O7PS/c1-29(2)53-48-55-40(28-65-48)39-23-44(35-18-19-43(62-3)45(50)46(35)54-39)63-34-22-41-42(58)25-49(64(60,61)27-36-37(51)16-11-17-38(36)52)24-32(49)15-8-6-4-5-7-14-31(47(59)56(41)26-34)21-33(57)20-30-12-9-10-13-30/h8,11,15-19,23,28-32,34,41H,4-7,9-10,12-14,20-22,24-27H2,1-3H3,(H,53,55)(H,60,61)/b15-8-/t31?,32-,34-,41+,49-/m1/s1. The third-order valence-electron chi connectivity index (χ3n) is 13.8. The number of hydrogen-bond acceptors (Lipinski definition) is 10. The van der Waals surface area contributed by atoms with E-state index in [-0.39, 0.29) is 55.0 Å². The maximum atomic E-state index is 15.0. The molecule has 4 aromatic rings. The second-order valence-corrected chi connectivity index (χ2v) is 22.6. The molecule has 65 heavy (non-hydrogen) atoms. The van der Waals surface area contributed by atoms with E-state index in [1.54, 1.807) is 18.2 Å². The summed E-state index contributed by atoms with van der Waals surface area (Å²) in [5.41, 5.74) is 0.982. The number of carbonyl (C=O) groups excluding carboxylic acids is 3. The van der Waals surface area contributed by atoms with E-state index in [1.165, 1.54) is 29.4 Å². The second kappa shape index (κ2) is 19.9. The number of methoxy groups -OCH3 is 1. The lowest BCUT2D eigenvalue weighted by Crippen LogP contribution is -2.45. The molecule has 11 nitrogen and oxygen atoms in total. The molecule has 8 rings (SSSR count). The van der Waals surface area contributed by atoms with Crippen LogP contribution in [0.25, 0.3) is 22.3 Å². The number of allylic oxidation sites excluding steroid dienone is 2. The number of nitrogens with zero attached hydrogens (tertiary/aromatic N) is 3. The number of hydrogen-bond donors (Lipinski definition) is 2. The number of thiazole rings is 1. The zero-order chi connectivity index (χ0) is 46.0. The Bertz CT molecular complexity index is 2490. The van der Waals surface area contributed by atoms with E-state index in [0.717, 1.165) is 50.7 Å². The molecule has 1 amide bonds. The summed E-state index contributed by atoms with van der Waals surface area (Å²) in [6, 6.07) is 7.67. The van der Waals surface area contributed by atoms with Gasteiger partial charge in [-0.3, -0.25) is 18.9 Å². The second-order valence-electron chi connectivity index (χ2n) is 18.8. The minimum atomic E-state index is -4.47. The lowest BCUT2D eigenvalue weighted by molar-refractivity contribution is -0.142. The van der Waals surface area contributed by atoms with Gasteiger partial charge in [-0.05, 0) is 75.6 Å². The molecular weight excluding hydrogens is 893 g/mol. The molecule has 0 bridgehead atoms. The van der Waals surface area contributed by atoms with E-state index in [4.69, 9.17) is 31.0 Å². The first-order valence-corrected chi connectivity index (χ1v) is 26.1. The van der Waals surface area contributed by atoms with E-state index in [1.807, 2.05) is 31.4 Å². The summed E-state index contributed by atoms with van der Waals surface area (Å²) in [5, 5.41) is 5.26. The van der Waals surface area contributed by atoms with Crippen LogP contribution in [-0.2, 0) is 25.1 Å². The number of fused-ring (bicyclic) bond motifs is 3. The van der Waals surface area contributed by atoms with Gasteiger partial charge in [0.15, 0.2) is 10.9 Å². The number of ketones is 2. The molecular formula is C49H58ClF2N4O7PS. The molecule has 2 N–H and O–H groups in total. The molecule has 348 valence electrons. The number of rotatable bonds is 13. The number of carbonyl (C=O) groups is 3. The van der Waals surface area contributed by atoms with Crippen LogP contribution in [0, 0.1) is 29.4 Å². The highest BCUT2D eigenvalue weighted by Gasteiger charge is 2.65. The number of nitrogens with one attached hydrogen (secondary N) is 1. The number of anilines is 1. The molecule has 2 aromatic heterocycles. The zero-order valence-electron chi connectivity index (χ0n) is 37.2. The van der Waals surface area contributed by atoms with Crippen molar-refractivity contribution in [3.8, 4) is 22.9 Å². The Balaban J connectivity index is 1.15. The number of amides is 1. The maximum Gasteiger partial charge on any atom is 0.226 e. The van der Waals surface area contributed by atoms with Gasteiger partial charge >= 0.3 is 0 Å². The highest BCUT2D eigenvalue weighted by Crippen LogP contribution is 2.74. The predicted molar refractivity (Wildman–Crippen MR) is 250 cm³/mol. The van der Waals surface area contributed by atoms with Gasteiger partial charge in [0, 0.05) is 60.0 Å². The Morgan fingerprint density at radius 2 is 1.78 bits per heavy atom. The van der Waals surface area contributed by atoms with E-state index >= 15 is 4.79 Å². The summed E-state index contributed by atoms with van der Waals surface area (Å²) in [7, 11) is -2.96. The normalized spacial score (nSPS) is 25.7. The average Bonchev–Trinajstić information content (AvgIpc) is 3.68. The van der Waals surface area contributed by atoms with Crippen molar-refractivity contribution in [2.45, 2.75) is 133 Å². The maximum absolute atomic E-state index is 15.0. The minimum absolute atomic E-state index is 0.0122. The third kappa shape index (κ3) is 10.4. The molecule has 2 aliphatic carbocycles. The summed E-state index contributed by atoms with van der Waals surface area (Å²) in [6.45, 7) is 4.05. The highest BCUT2D eigenvalue weighted by atomic mass is 35.5. The Hall–Kier alpha value is -4.23. The van der Waals surface area contributed by atoms with Crippen molar-refractivity contribution in [2.24, 2.45) is 17.8 Å². The monoisotopic (exact) mass is 950 g/mol. The van der Waals surface area contributed by atoms with Crippen LogP contribution in [0.2, 0.25) is 5.02 Å². The van der Waals surface area contributed by atoms with Crippen LogP contribution in [0.5, 0.6) is 11.5 Å². The fourth-order valence-electron chi connectivity index (χ4n) is 10.2. The van der Waals surface area contributed by atoms with Gasteiger partial charge in [-0.1, -0.05) is 68.3 Å². The first kappa shape index (κ1) is 47.3. The topological polar surface area (TPSA) is 148 Å². The fourth-order valence-corrected chi connectivity index (χ4v) is 13.9. The summed E-state index contributed by atoms with van der Waals surface area (Å²) in [4.78, 5) is 66.8. The van der Waals surface area contributed by atoms with Gasteiger partial charge in [0.05, 0.1) is 42.2 Å². The number of halogens is 3. The van der Waals surface area contributed by atoms with Gasteiger partial charge in [0.1, 0.15) is 45.7 Å². The molecule has 0 spiro atoms. The van der Waals surface area contributed by atoms with Gasteiger partial charge < -0.3 is 24.6 Å². The van der Waals surface area contributed by atoms with Crippen LogP contribution < -0.4 is 14.8 Å². The lowest BCUT2D eigenvalue weighted by Gasteiger charge is -2.30. The smallest absolute Gasteiger partial charge is 0.226 e. The number of pyridine rings is 1. The van der Waals surface area contributed by atoms with Gasteiger partial charge in [0.2, 0.25) is 13.3 Å². The summed E-state index contributed by atoms with van der Waals surface area (Å²) >= 11 is 8.32. The number of Topliss-reactive ketones (excluding diaryl/α,β-unsaturated/α-hetero) is 2. The van der Waals surface area contributed by atoms with Gasteiger partial charge in [0.25, 0.3) is 0 Å². The molecule has 2 unspecified atom stereocenters. The van der Waals surface area contributed by atoms with Crippen molar-refractivity contribution in [1.82, 2.24) is 14.9 Å². The van der Waals surface area contributed by atoms with Crippen molar-refractivity contribution in [3.63, 3.8) is 0 Å². The van der Waals surface area contributed by atoms with Gasteiger partial charge in [-0.15, -0.1) is 11.3 Å². The molecule has 6 atom stereocenters. The summed E-state index contributed by atoms with van der Waals surface area (Å²) < 4.78 is 56.9. The quantitative estimate of drug-likeness (QED) is 0.0980. The Kier molecular flexibility index (Phi) is 14.5. The molecule has 16 heteroatoms. The SMILES string of the molecule is COc1ccc2c(O[C@@H]3C[C@H]4C(=O)C[C@]5(P(=O)(O)Cc6c(F)cccc6F)C[C@H]5/C=C\CCCCCC(CC(=O)CC5CCCC5)C(=O)N4C3)cc(-c3csc(NC(C)C)n3)nc2c1Cl. The molecule has 2 aliphatic heterocycles. The molecule has 1 saturated heterocycles. The van der Waals surface area contributed by atoms with Crippen molar-refractivity contribution < 1.29 is 42.1 Å². The van der Waals surface area contributed by atoms with Crippen molar-refractivity contribution in [2.75, 3.05) is 19.0 Å². The first-order chi connectivity index (χ1) is 31.2. The fraction of sp³-hybridized carbons (Fsp3) is 0.531. The van der Waals surface area contributed by atoms with Gasteiger partial charge in [-0.25, -0.2) is 18.7 Å². The van der Waals surface area contributed by atoms with Crippen molar-refractivity contribution >= 4 is 63.8 Å². The Morgan fingerprint density at radius 3 is 2.52 bits per heavy atom. The van der Waals surface area contributed by atoms with Crippen LogP contribution in [-0.4, -0.2) is 74.2 Å². The largest absolute Gasteiger partial charge is 0.495 e. The van der Waals surface area contributed by atoms with Crippen LogP contribution >= 0.6 is 30.3 Å². The molecule has 0 radical (unpaired) electrons. The van der Waals surface area contributed by atoms with E-state index in [9.17, 15) is 27.8 Å². The third-order valence-corrected chi connectivity index (χ3v) is 17.7. The predicted octanol–water partition coefficient (Wildman–Crippen LogP) is 11.3. The zero-order valence-corrected chi connectivity index (χ0v) is 39.7. The lowest BCUT2D eigenvalue weighted by atomic mass is 9.89. The van der Waals surface area contributed by atoms with Gasteiger partial charge in [-0.2, -0.15) is 0 Å². The van der Waals surface area contributed by atoms with Crippen molar-refractivity contribution in [3.05, 3.63) is 76.2 Å². The number of benzene rings is 2. The molecule has 4 aliphatic rings. The van der Waals surface area contributed by atoms with Crippen LogP contribution in [0.1, 0.15) is 109 Å². The Morgan fingerprint density at radius 1 is 1.03 bits per heavy atom. The number of ether oxygens (including phenoxy) is 2. The highest BCUT2D eigenvalue weighted by molar-refractivity contribution is 7.59. The van der Waals surface area contributed by atoms with E-state index in [2.05, 4.69) is 5.32 Å². The minimum Gasteiger partial charge on any atom is -0.495 e. The number of aromatic nitrogens is 2. The van der Waals surface area contributed by atoms with E-state index < -0.39 is 65.6 Å². The van der Waals surface area contributed by atoms with Crippen LogP contribution in [0.15, 0.2) is 53.9 Å². The molecule has 3 fully saturated rings. The molecule has 2 aromatic carbocycles. The average molecular weight is 952 g/mol. The van der Waals surface area contributed by atoms with Crippen molar-refractivity contribution in [1.29, 1.82) is 0 Å². The molecule has 4 heterocycles. The summed E-state index contributed by atoms with van der Waals surface area (Å²) in [5.74, 6) is -2.58. The van der Waals surface area contributed by atoms with Crippen LogP contribution in [0.4, 0.5) is 13.9 Å².